The molecule has 0 aliphatic heterocycles. The van der Waals surface area contributed by atoms with Gasteiger partial charge in [-0.25, -0.2) is 5.01 Å². The van der Waals surface area contributed by atoms with Crippen LogP contribution in [-0.4, -0.2) is 30.9 Å². The van der Waals surface area contributed by atoms with Crippen LogP contribution in [0.25, 0.3) is 0 Å². The highest BCUT2D eigenvalue weighted by atomic mass is 32.1. The first kappa shape index (κ1) is 20.1. The van der Waals surface area contributed by atoms with Crippen LogP contribution in [0.2, 0.25) is 0 Å². The van der Waals surface area contributed by atoms with Gasteiger partial charge < -0.3 is 5.32 Å². The number of carbonyl (C=O) groups excluding carboxylic acids is 2. The van der Waals surface area contributed by atoms with Gasteiger partial charge in [-0.15, -0.1) is 11.3 Å². The van der Waals surface area contributed by atoms with Gasteiger partial charge in [0, 0.05) is 24.5 Å². The lowest BCUT2D eigenvalue weighted by molar-refractivity contribution is 0.0857. The van der Waals surface area contributed by atoms with Gasteiger partial charge in [0.1, 0.15) is 5.00 Å². The summed E-state index contributed by atoms with van der Waals surface area (Å²) < 4.78 is 0. The van der Waals surface area contributed by atoms with Crippen molar-refractivity contribution in [1.29, 1.82) is 0 Å². The summed E-state index contributed by atoms with van der Waals surface area (Å²) in [6.45, 7) is 0. The topological polar surface area (TPSA) is 61.4 Å². The van der Waals surface area contributed by atoms with E-state index in [-0.39, 0.29) is 11.8 Å². The Labute approximate surface area is 176 Å². The van der Waals surface area contributed by atoms with Crippen molar-refractivity contribution in [3.8, 4) is 0 Å². The van der Waals surface area contributed by atoms with Gasteiger partial charge in [0.25, 0.3) is 11.8 Å². The summed E-state index contributed by atoms with van der Waals surface area (Å²) in [5, 5.41) is 5.40. The molecule has 2 aliphatic rings. The van der Waals surface area contributed by atoms with Gasteiger partial charge in [-0.1, -0.05) is 12.5 Å². The molecule has 2 aliphatic carbocycles. The Morgan fingerprint density at radius 1 is 0.897 bits per heavy atom. The van der Waals surface area contributed by atoms with Crippen LogP contribution in [0.1, 0.15) is 74.4 Å². The third-order valence-electron chi connectivity index (χ3n) is 5.81. The van der Waals surface area contributed by atoms with E-state index in [4.69, 9.17) is 0 Å². The Kier molecular flexibility index (Phi) is 6.01. The van der Waals surface area contributed by atoms with Crippen molar-refractivity contribution in [3.05, 3.63) is 50.9 Å². The van der Waals surface area contributed by atoms with E-state index in [2.05, 4.69) is 16.8 Å². The molecule has 29 heavy (non-hydrogen) atoms. The molecule has 1 aromatic carbocycles. The van der Waals surface area contributed by atoms with Crippen molar-refractivity contribution >= 4 is 28.2 Å². The summed E-state index contributed by atoms with van der Waals surface area (Å²) in [7, 11) is 3.60. The van der Waals surface area contributed by atoms with Crippen molar-refractivity contribution < 1.29 is 9.59 Å². The largest absolute Gasteiger partial charge is 0.313 e. The number of benzene rings is 1. The van der Waals surface area contributed by atoms with Gasteiger partial charge in [0.2, 0.25) is 0 Å². The third-order valence-corrected chi connectivity index (χ3v) is 7.02. The van der Waals surface area contributed by atoms with Crippen molar-refractivity contribution in [3.63, 3.8) is 0 Å². The summed E-state index contributed by atoms with van der Waals surface area (Å²) in [4.78, 5) is 27.2. The van der Waals surface area contributed by atoms with Crippen molar-refractivity contribution in [2.45, 2.75) is 57.8 Å². The van der Waals surface area contributed by atoms with Crippen LogP contribution >= 0.6 is 11.3 Å². The van der Waals surface area contributed by atoms with E-state index in [9.17, 15) is 9.59 Å². The molecule has 0 bridgehead atoms. The maximum Gasteiger partial charge on any atom is 0.268 e. The molecule has 6 heteroatoms. The quantitative estimate of drug-likeness (QED) is 0.581. The second-order valence-corrected chi connectivity index (χ2v) is 9.35. The number of anilines is 1. The summed E-state index contributed by atoms with van der Waals surface area (Å²) in [6, 6.07) is 6.03. The molecule has 154 valence electrons. The minimum atomic E-state index is -0.143. The fourth-order valence-corrected chi connectivity index (χ4v) is 5.66. The second-order valence-electron chi connectivity index (χ2n) is 8.25. The summed E-state index contributed by atoms with van der Waals surface area (Å²) in [5.41, 5.74) is 7.95. The highest BCUT2D eigenvalue weighted by Crippen LogP contribution is 2.38. The molecule has 2 amide bonds. The van der Waals surface area contributed by atoms with E-state index in [1.807, 2.05) is 12.1 Å². The predicted molar refractivity (Wildman–Crippen MR) is 118 cm³/mol. The Bertz CT molecular complexity index is 932. The Balaban J connectivity index is 1.63. The number of thiophene rings is 1. The summed E-state index contributed by atoms with van der Waals surface area (Å²) in [6.07, 6.45) is 9.85. The molecule has 4 rings (SSSR count). The highest BCUT2D eigenvalue weighted by molar-refractivity contribution is 7.17. The van der Waals surface area contributed by atoms with Crippen molar-refractivity contribution in [1.82, 2.24) is 10.4 Å². The Hall–Kier alpha value is -2.18. The van der Waals surface area contributed by atoms with Crippen LogP contribution in [0.5, 0.6) is 0 Å². The number of nitrogens with zero attached hydrogens (tertiary/aromatic N) is 1. The highest BCUT2D eigenvalue weighted by Gasteiger charge is 2.26. The number of rotatable bonds is 4. The first-order chi connectivity index (χ1) is 14.0. The lowest BCUT2D eigenvalue weighted by Gasteiger charge is -2.17. The predicted octanol–water partition coefficient (Wildman–Crippen LogP) is 4.35. The van der Waals surface area contributed by atoms with Crippen molar-refractivity contribution in [2.24, 2.45) is 0 Å². The SMILES string of the molecule is CN(C)NC(=O)c1c(NC(=O)c2ccc3c(c2)CCCC3)sc2c1CCCCC2. The van der Waals surface area contributed by atoms with Gasteiger partial charge in [-0.3, -0.25) is 15.0 Å². The smallest absolute Gasteiger partial charge is 0.268 e. The molecule has 0 fully saturated rings. The molecular weight excluding hydrogens is 382 g/mol. The summed E-state index contributed by atoms with van der Waals surface area (Å²) >= 11 is 1.57. The van der Waals surface area contributed by atoms with Crippen LogP contribution in [0.4, 0.5) is 5.00 Å². The fraction of sp³-hybridized carbons (Fsp3) is 0.478. The van der Waals surface area contributed by atoms with E-state index < -0.39 is 0 Å². The zero-order valence-corrected chi connectivity index (χ0v) is 18.1. The molecule has 1 aromatic heterocycles. The Morgan fingerprint density at radius 3 is 2.41 bits per heavy atom. The number of hydrazine groups is 1. The van der Waals surface area contributed by atoms with Crippen molar-refractivity contribution in [2.75, 3.05) is 19.4 Å². The average molecular weight is 412 g/mol. The van der Waals surface area contributed by atoms with Crippen LogP contribution in [-0.2, 0) is 25.7 Å². The molecular formula is C23H29N3O2S. The van der Waals surface area contributed by atoms with Crippen LogP contribution in [0.3, 0.4) is 0 Å². The molecule has 5 nitrogen and oxygen atoms in total. The van der Waals surface area contributed by atoms with E-state index in [1.54, 1.807) is 30.4 Å². The first-order valence-corrected chi connectivity index (χ1v) is 11.4. The minimum absolute atomic E-state index is 0.131. The standard InChI is InChI=1S/C23H29N3O2S/c1-26(2)25-22(28)20-18-10-4-3-5-11-19(18)29-23(20)24-21(27)17-13-12-15-8-6-7-9-16(15)14-17/h12-14H,3-11H2,1-2H3,(H,24,27)(H,25,28). The average Bonchev–Trinajstić information content (AvgIpc) is 2.87. The Morgan fingerprint density at radius 2 is 1.62 bits per heavy atom. The van der Waals surface area contributed by atoms with Crippen LogP contribution < -0.4 is 10.7 Å². The number of carbonyl (C=O) groups is 2. The molecule has 1 heterocycles. The maximum absolute atomic E-state index is 13.0. The maximum atomic E-state index is 13.0. The van der Waals surface area contributed by atoms with Gasteiger partial charge >= 0.3 is 0 Å². The first-order valence-electron chi connectivity index (χ1n) is 10.6. The molecule has 0 saturated heterocycles. The van der Waals surface area contributed by atoms with E-state index in [0.717, 1.165) is 44.1 Å². The van der Waals surface area contributed by atoms with Gasteiger partial charge in [-0.05, 0) is 80.2 Å². The molecule has 0 atom stereocenters. The number of hydrogen-bond acceptors (Lipinski definition) is 4. The number of aryl methyl sites for hydroxylation is 3. The number of hydrogen-bond donors (Lipinski definition) is 2. The molecule has 0 saturated carbocycles. The fourth-order valence-electron chi connectivity index (χ4n) is 4.38. The van der Waals surface area contributed by atoms with E-state index >= 15 is 0 Å². The molecule has 0 radical (unpaired) electrons. The number of fused-ring (bicyclic) bond motifs is 2. The summed E-state index contributed by atoms with van der Waals surface area (Å²) in [5.74, 6) is -0.274. The third kappa shape index (κ3) is 4.38. The van der Waals surface area contributed by atoms with Crippen LogP contribution in [0, 0.1) is 0 Å². The van der Waals surface area contributed by atoms with Gasteiger partial charge in [-0.2, -0.15) is 0 Å². The molecule has 0 unspecified atom stereocenters. The molecule has 0 spiro atoms. The second kappa shape index (κ2) is 8.67. The van der Waals surface area contributed by atoms with Gasteiger partial charge in [0.15, 0.2) is 0 Å². The monoisotopic (exact) mass is 411 g/mol. The number of amides is 2. The zero-order chi connectivity index (χ0) is 20.4. The lowest BCUT2D eigenvalue weighted by atomic mass is 9.90. The minimum Gasteiger partial charge on any atom is -0.313 e. The van der Waals surface area contributed by atoms with Gasteiger partial charge in [0.05, 0.1) is 5.56 Å². The lowest BCUT2D eigenvalue weighted by Crippen LogP contribution is -2.36. The zero-order valence-electron chi connectivity index (χ0n) is 17.3. The van der Waals surface area contributed by atoms with E-state index in [0.29, 0.717) is 16.1 Å². The molecule has 2 aromatic rings. The van der Waals surface area contributed by atoms with E-state index in [1.165, 1.54) is 35.3 Å². The normalized spacial score (nSPS) is 16.0. The van der Waals surface area contributed by atoms with Crippen LogP contribution in [0.15, 0.2) is 18.2 Å². The molecule has 2 N–H and O–H groups in total. The number of nitrogens with one attached hydrogen (secondary N) is 2.